The predicted octanol–water partition coefficient (Wildman–Crippen LogP) is 2.02. The Morgan fingerprint density at radius 3 is 2.84 bits per heavy atom. The zero-order valence-corrected chi connectivity index (χ0v) is 18.9. The first-order valence-electron chi connectivity index (χ1n) is 9.00. The number of nitrogens with zero attached hydrogens (tertiary/aromatic N) is 4. The van der Waals surface area contributed by atoms with Gasteiger partial charge < -0.3 is 20.4 Å². The van der Waals surface area contributed by atoms with E-state index in [1.54, 1.807) is 11.3 Å². The van der Waals surface area contributed by atoms with Gasteiger partial charge in [-0.25, -0.2) is 4.98 Å². The fourth-order valence-electron chi connectivity index (χ4n) is 2.81. The lowest BCUT2D eigenvalue weighted by atomic mass is 10.3. The maximum absolute atomic E-state index is 4.43. The average molecular weight is 480 g/mol. The first-order valence-corrected chi connectivity index (χ1v) is 9.82. The Hall–Kier alpha value is -0.450. The number of rotatable bonds is 7. The smallest absolute Gasteiger partial charge is 0.191 e. The van der Waals surface area contributed by atoms with E-state index in [1.165, 1.54) is 37.5 Å². The molecule has 144 valence electrons. The van der Waals surface area contributed by atoms with Gasteiger partial charge in [-0.3, -0.25) is 4.99 Å². The molecule has 1 fully saturated rings. The third-order valence-corrected chi connectivity index (χ3v) is 5.48. The SMILES string of the molecule is CCc1cnc(CNC(=NC)NCCCN2CCCN(C)CC2)s1.I. The minimum Gasteiger partial charge on any atom is -0.356 e. The fraction of sp³-hybridized carbons (Fsp3) is 0.765. The highest BCUT2D eigenvalue weighted by Crippen LogP contribution is 2.12. The number of aryl methyl sites for hydroxylation is 1. The molecular formula is C17H33IN6S. The summed E-state index contributed by atoms with van der Waals surface area (Å²) in [6.07, 6.45) is 5.44. The minimum absolute atomic E-state index is 0. The van der Waals surface area contributed by atoms with Gasteiger partial charge in [0.2, 0.25) is 0 Å². The number of aliphatic imine (C=N–C) groups is 1. The molecule has 0 atom stereocenters. The van der Waals surface area contributed by atoms with Crippen LogP contribution in [0, 0.1) is 0 Å². The molecule has 0 bridgehead atoms. The lowest BCUT2D eigenvalue weighted by Gasteiger charge is -2.20. The van der Waals surface area contributed by atoms with Crippen LogP contribution >= 0.6 is 35.3 Å². The summed E-state index contributed by atoms with van der Waals surface area (Å²) in [4.78, 5) is 15.0. The topological polar surface area (TPSA) is 55.8 Å². The predicted molar refractivity (Wildman–Crippen MR) is 118 cm³/mol. The van der Waals surface area contributed by atoms with E-state index >= 15 is 0 Å². The molecule has 0 radical (unpaired) electrons. The molecule has 1 aromatic heterocycles. The largest absolute Gasteiger partial charge is 0.356 e. The van der Waals surface area contributed by atoms with Crippen molar-refractivity contribution in [2.75, 3.05) is 53.4 Å². The number of hydrogen-bond acceptors (Lipinski definition) is 5. The van der Waals surface area contributed by atoms with Crippen molar-refractivity contribution in [1.82, 2.24) is 25.4 Å². The van der Waals surface area contributed by atoms with Crippen LogP contribution in [0.25, 0.3) is 0 Å². The van der Waals surface area contributed by atoms with Gasteiger partial charge in [-0.15, -0.1) is 35.3 Å². The monoisotopic (exact) mass is 480 g/mol. The Labute approximate surface area is 173 Å². The molecule has 0 saturated carbocycles. The molecule has 1 saturated heterocycles. The van der Waals surface area contributed by atoms with Gasteiger partial charge in [0, 0.05) is 37.8 Å². The van der Waals surface area contributed by atoms with Crippen LogP contribution in [0.5, 0.6) is 0 Å². The van der Waals surface area contributed by atoms with E-state index in [0.717, 1.165) is 43.4 Å². The highest BCUT2D eigenvalue weighted by Gasteiger charge is 2.11. The number of likely N-dealkylation sites (N-methyl/N-ethyl adjacent to an activating group) is 1. The summed E-state index contributed by atoms with van der Waals surface area (Å²) < 4.78 is 0. The van der Waals surface area contributed by atoms with Gasteiger partial charge in [0.05, 0.1) is 6.54 Å². The Kier molecular flexibility index (Phi) is 11.6. The van der Waals surface area contributed by atoms with Gasteiger partial charge >= 0.3 is 0 Å². The van der Waals surface area contributed by atoms with Gasteiger partial charge in [-0.2, -0.15) is 0 Å². The van der Waals surface area contributed by atoms with E-state index in [4.69, 9.17) is 0 Å². The lowest BCUT2D eigenvalue weighted by Crippen LogP contribution is -2.38. The van der Waals surface area contributed by atoms with Gasteiger partial charge in [0.15, 0.2) is 5.96 Å². The Morgan fingerprint density at radius 1 is 1.28 bits per heavy atom. The molecule has 0 spiro atoms. The van der Waals surface area contributed by atoms with Gasteiger partial charge in [0.1, 0.15) is 5.01 Å². The summed E-state index contributed by atoms with van der Waals surface area (Å²) in [7, 11) is 4.03. The molecule has 0 amide bonds. The van der Waals surface area contributed by atoms with Crippen molar-refractivity contribution in [1.29, 1.82) is 0 Å². The quantitative estimate of drug-likeness (QED) is 0.271. The van der Waals surface area contributed by atoms with E-state index in [2.05, 4.69) is 44.4 Å². The maximum Gasteiger partial charge on any atom is 0.191 e. The summed E-state index contributed by atoms with van der Waals surface area (Å²) in [5.41, 5.74) is 0. The summed E-state index contributed by atoms with van der Waals surface area (Å²) in [6, 6.07) is 0. The van der Waals surface area contributed by atoms with Crippen molar-refractivity contribution in [3.05, 3.63) is 16.1 Å². The highest BCUT2D eigenvalue weighted by atomic mass is 127. The first kappa shape index (κ1) is 22.6. The molecular weight excluding hydrogens is 447 g/mol. The van der Waals surface area contributed by atoms with Gasteiger partial charge in [0.25, 0.3) is 0 Å². The van der Waals surface area contributed by atoms with Crippen molar-refractivity contribution < 1.29 is 0 Å². The molecule has 1 aliphatic rings. The Morgan fingerprint density at radius 2 is 2.12 bits per heavy atom. The number of nitrogens with one attached hydrogen (secondary N) is 2. The summed E-state index contributed by atoms with van der Waals surface area (Å²) >= 11 is 1.77. The van der Waals surface area contributed by atoms with Gasteiger partial charge in [-0.05, 0) is 45.9 Å². The molecule has 8 heteroatoms. The third kappa shape index (κ3) is 8.65. The summed E-state index contributed by atoms with van der Waals surface area (Å²) in [5.74, 6) is 0.860. The average Bonchev–Trinajstić information content (AvgIpc) is 2.96. The maximum atomic E-state index is 4.43. The van der Waals surface area contributed by atoms with Crippen molar-refractivity contribution >= 4 is 41.3 Å². The molecule has 1 aliphatic heterocycles. The van der Waals surface area contributed by atoms with Crippen molar-refractivity contribution in [2.45, 2.75) is 32.7 Å². The second-order valence-corrected chi connectivity index (χ2v) is 7.48. The van der Waals surface area contributed by atoms with E-state index < -0.39 is 0 Å². The van der Waals surface area contributed by atoms with Crippen LogP contribution < -0.4 is 10.6 Å². The van der Waals surface area contributed by atoms with Crippen molar-refractivity contribution in [3.8, 4) is 0 Å². The Balaban J connectivity index is 0.00000312. The standard InChI is InChI=1S/C17H32N6S.HI/c1-4-15-13-20-16(24-15)14-21-17(18-2)19-7-5-9-23-10-6-8-22(3)11-12-23;/h13H,4-12,14H2,1-3H3,(H2,18,19,21);1H. The molecule has 0 aromatic carbocycles. The second kappa shape index (κ2) is 12.8. The number of aromatic nitrogens is 1. The lowest BCUT2D eigenvalue weighted by molar-refractivity contribution is 0.274. The first-order chi connectivity index (χ1) is 11.7. The normalized spacial score (nSPS) is 17.0. The van der Waals surface area contributed by atoms with Crippen LogP contribution in [0.2, 0.25) is 0 Å². The van der Waals surface area contributed by atoms with Crippen molar-refractivity contribution in [2.24, 2.45) is 4.99 Å². The molecule has 2 heterocycles. The molecule has 0 unspecified atom stereocenters. The van der Waals surface area contributed by atoms with E-state index in [0.29, 0.717) is 0 Å². The van der Waals surface area contributed by atoms with Crippen LogP contribution in [-0.2, 0) is 13.0 Å². The summed E-state index contributed by atoms with van der Waals surface area (Å²) in [5, 5.41) is 7.86. The Bertz CT molecular complexity index is 507. The molecule has 1 aromatic rings. The van der Waals surface area contributed by atoms with E-state index in [1.807, 2.05) is 13.2 Å². The number of hydrogen-bond donors (Lipinski definition) is 2. The zero-order valence-electron chi connectivity index (χ0n) is 15.8. The van der Waals surface area contributed by atoms with Crippen LogP contribution in [0.1, 0.15) is 29.7 Å². The van der Waals surface area contributed by atoms with Gasteiger partial charge in [-0.1, -0.05) is 6.92 Å². The number of halogens is 1. The van der Waals surface area contributed by atoms with Crippen LogP contribution in [-0.4, -0.2) is 74.1 Å². The van der Waals surface area contributed by atoms with E-state index in [-0.39, 0.29) is 24.0 Å². The molecule has 2 N–H and O–H groups in total. The van der Waals surface area contributed by atoms with Crippen LogP contribution in [0.4, 0.5) is 0 Å². The van der Waals surface area contributed by atoms with Crippen LogP contribution in [0.3, 0.4) is 0 Å². The zero-order chi connectivity index (χ0) is 17.2. The molecule has 25 heavy (non-hydrogen) atoms. The fourth-order valence-corrected chi connectivity index (χ4v) is 3.61. The van der Waals surface area contributed by atoms with E-state index in [9.17, 15) is 0 Å². The highest BCUT2D eigenvalue weighted by molar-refractivity contribution is 14.0. The summed E-state index contributed by atoms with van der Waals surface area (Å²) in [6.45, 7) is 9.82. The number of thiazole rings is 1. The van der Waals surface area contributed by atoms with Crippen molar-refractivity contribution in [3.63, 3.8) is 0 Å². The minimum atomic E-state index is 0. The van der Waals surface area contributed by atoms with Crippen LogP contribution in [0.15, 0.2) is 11.2 Å². The second-order valence-electron chi connectivity index (χ2n) is 6.28. The third-order valence-electron chi connectivity index (χ3n) is 4.34. The molecule has 0 aliphatic carbocycles. The number of guanidine groups is 1. The molecule has 2 rings (SSSR count). The molecule has 6 nitrogen and oxygen atoms in total.